The number of hydrogen-bond donors (Lipinski definition) is 3. The van der Waals surface area contributed by atoms with Crippen LogP contribution in [0.2, 0.25) is 0 Å². The maximum absolute atomic E-state index is 11.9. The van der Waals surface area contributed by atoms with Gasteiger partial charge in [0.05, 0.1) is 19.0 Å². The van der Waals surface area contributed by atoms with E-state index in [-0.39, 0.29) is 30.1 Å². The summed E-state index contributed by atoms with van der Waals surface area (Å²) in [5.41, 5.74) is 5.85. The van der Waals surface area contributed by atoms with Gasteiger partial charge in [0.1, 0.15) is 24.5 Å². The van der Waals surface area contributed by atoms with Crippen LogP contribution < -0.4 is 10.8 Å². The SMILES string of the molecule is Nc1nc([O-])c2ncn([C@H]3C[C@H](O)[C@@H](CO[P+](O)([S-])OCC4CCCC4)O3)c2n1. The molecule has 29 heavy (non-hydrogen) atoms. The van der Waals surface area contributed by atoms with E-state index in [1.807, 2.05) is 0 Å². The molecule has 1 saturated carbocycles. The lowest BCUT2D eigenvalue weighted by molar-refractivity contribution is -0.272. The smallest absolute Gasteiger partial charge is 0.286 e. The van der Waals surface area contributed by atoms with Crippen molar-refractivity contribution in [1.29, 1.82) is 0 Å². The largest absolute Gasteiger partial charge is 0.857 e. The molecule has 160 valence electrons. The zero-order chi connectivity index (χ0) is 20.6. The molecule has 2 aliphatic rings. The number of nitrogens with two attached hydrogens (primary N) is 1. The van der Waals surface area contributed by atoms with Crippen molar-refractivity contribution in [3.63, 3.8) is 0 Å². The van der Waals surface area contributed by atoms with Crippen LogP contribution in [0.4, 0.5) is 5.95 Å². The molecule has 4 N–H and O–H groups in total. The number of aliphatic hydroxyl groups excluding tert-OH is 1. The van der Waals surface area contributed by atoms with Crippen LogP contribution in [0.25, 0.3) is 11.2 Å². The zero-order valence-corrected chi connectivity index (χ0v) is 17.3. The summed E-state index contributed by atoms with van der Waals surface area (Å²) in [5.74, 6) is -0.339. The van der Waals surface area contributed by atoms with Crippen LogP contribution in [-0.4, -0.2) is 54.9 Å². The molecule has 2 fully saturated rings. The fourth-order valence-electron chi connectivity index (χ4n) is 3.73. The van der Waals surface area contributed by atoms with Crippen molar-refractivity contribution in [2.24, 2.45) is 5.92 Å². The topological polar surface area (TPSA) is 161 Å². The molecule has 2 aromatic rings. The third kappa shape index (κ3) is 4.74. The minimum absolute atomic E-state index is 0.0724. The predicted molar refractivity (Wildman–Crippen MR) is 104 cm³/mol. The standard InChI is InChI=1S/C16H24N5O6PS/c17-16-19-14-13(15(23)20-16)18-8-21(14)12-5-10(22)11(27-12)7-26-28(24,29)25-6-9-3-1-2-4-9/h8-12,22H,1-7H2,(H,24,29)(H3,17,19,20,23)/p-1/t10-,11+,12+,28?/m0/s1. The number of aromatic nitrogens is 4. The van der Waals surface area contributed by atoms with E-state index in [0.29, 0.717) is 12.5 Å². The van der Waals surface area contributed by atoms with Crippen molar-refractivity contribution in [2.75, 3.05) is 18.9 Å². The van der Waals surface area contributed by atoms with E-state index in [1.165, 1.54) is 23.7 Å². The monoisotopic (exact) mass is 444 g/mol. The minimum atomic E-state index is -3.41. The molecule has 1 saturated heterocycles. The van der Waals surface area contributed by atoms with Gasteiger partial charge in [0.2, 0.25) is 5.95 Å². The van der Waals surface area contributed by atoms with Gasteiger partial charge in [0, 0.05) is 12.3 Å². The molecule has 1 unspecified atom stereocenters. The first kappa shape index (κ1) is 21.0. The molecule has 11 nitrogen and oxygen atoms in total. The average Bonchev–Trinajstić information content (AvgIpc) is 3.38. The Morgan fingerprint density at radius 2 is 2.03 bits per heavy atom. The van der Waals surface area contributed by atoms with Gasteiger partial charge in [-0.3, -0.25) is 4.57 Å². The Labute approximate surface area is 173 Å². The number of hydrogen-bond acceptors (Lipinski definition) is 11. The lowest BCUT2D eigenvalue weighted by atomic mass is 10.1. The van der Waals surface area contributed by atoms with Gasteiger partial charge in [-0.1, -0.05) is 12.8 Å². The summed E-state index contributed by atoms with van der Waals surface area (Å²) < 4.78 is 18.2. The zero-order valence-electron chi connectivity index (χ0n) is 15.6. The number of aliphatic hydroxyl groups is 1. The number of nitrogen functional groups attached to an aromatic ring is 1. The molecular formula is C16H23N5O6PS-. The molecule has 4 rings (SSSR count). The summed E-state index contributed by atoms with van der Waals surface area (Å²) in [5, 5.41) is 22.2. The Hall–Kier alpha value is -1.27. The number of rotatable bonds is 7. The summed E-state index contributed by atoms with van der Waals surface area (Å²) in [4.78, 5) is 21.8. The van der Waals surface area contributed by atoms with E-state index in [9.17, 15) is 15.1 Å². The van der Waals surface area contributed by atoms with Crippen molar-refractivity contribution in [3.8, 4) is 5.88 Å². The van der Waals surface area contributed by atoms with E-state index < -0.39 is 31.5 Å². The van der Waals surface area contributed by atoms with Gasteiger partial charge in [-0.25, -0.2) is 14.9 Å². The fraction of sp³-hybridized carbons (Fsp3) is 0.688. The van der Waals surface area contributed by atoms with E-state index in [0.717, 1.165) is 12.8 Å². The highest BCUT2D eigenvalue weighted by atomic mass is 32.7. The van der Waals surface area contributed by atoms with E-state index in [4.69, 9.17) is 31.8 Å². The van der Waals surface area contributed by atoms with Crippen LogP contribution in [0.3, 0.4) is 0 Å². The number of imidazole rings is 1. The maximum Gasteiger partial charge on any atom is 0.286 e. The van der Waals surface area contributed by atoms with Crippen LogP contribution in [0, 0.1) is 5.92 Å². The molecule has 0 spiro atoms. The Kier molecular flexibility index (Phi) is 6.12. The predicted octanol–water partition coefficient (Wildman–Crippen LogP) is 0.571. The fourth-order valence-corrected chi connectivity index (χ4v) is 4.91. The van der Waals surface area contributed by atoms with Crippen molar-refractivity contribution in [2.45, 2.75) is 50.5 Å². The van der Waals surface area contributed by atoms with Gasteiger partial charge in [-0.05, 0) is 18.8 Å². The highest BCUT2D eigenvalue weighted by Gasteiger charge is 2.39. The van der Waals surface area contributed by atoms with Gasteiger partial charge in [-0.2, -0.15) is 14.0 Å². The normalized spacial score (nSPS) is 27.6. The maximum atomic E-state index is 11.9. The molecule has 0 aromatic carbocycles. The molecule has 0 radical (unpaired) electrons. The van der Waals surface area contributed by atoms with E-state index in [1.54, 1.807) is 0 Å². The second-order valence-electron chi connectivity index (χ2n) is 7.35. The van der Waals surface area contributed by atoms with Crippen LogP contribution in [-0.2, 0) is 26.0 Å². The van der Waals surface area contributed by atoms with Crippen LogP contribution in [0.1, 0.15) is 38.3 Å². The third-order valence-corrected chi connectivity index (χ3v) is 6.85. The first-order chi connectivity index (χ1) is 13.8. The molecule has 13 heteroatoms. The molecule has 1 aliphatic heterocycles. The van der Waals surface area contributed by atoms with E-state index in [2.05, 4.69) is 15.0 Å². The Balaban J connectivity index is 1.36. The summed E-state index contributed by atoms with van der Waals surface area (Å²) in [6.07, 6.45) is 3.85. The number of anilines is 1. The first-order valence-corrected chi connectivity index (χ1v) is 12.0. The molecule has 3 heterocycles. The molecule has 2 aromatic heterocycles. The highest BCUT2D eigenvalue weighted by Crippen LogP contribution is 2.55. The summed E-state index contributed by atoms with van der Waals surface area (Å²) in [7, 11) is -3.41. The Bertz CT molecular complexity index is 864. The minimum Gasteiger partial charge on any atom is -0.857 e. The second-order valence-corrected chi connectivity index (χ2v) is 10.2. The van der Waals surface area contributed by atoms with Gasteiger partial charge in [0.25, 0.3) is 7.15 Å². The Morgan fingerprint density at radius 1 is 1.31 bits per heavy atom. The van der Waals surface area contributed by atoms with Gasteiger partial charge >= 0.3 is 0 Å². The Morgan fingerprint density at radius 3 is 2.79 bits per heavy atom. The van der Waals surface area contributed by atoms with Crippen LogP contribution >= 0.6 is 7.15 Å². The number of fused-ring (bicyclic) bond motifs is 1. The van der Waals surface area contributed by atoms with Crippen molar-refractivity contribution in [1.82, 2.24) is 19.5 Å². The lowest BCUT2D eigenvalue weighted by Gasteiger charge is -2.24. The quantitative estimate of drug-likeness (QED) is 0.404. The molecule has 4 atom stereocenters. The lowest BCUT2D eigenvalue weighted by Crippen LogP contribution is -2.26. The van der Waals surface area contributed by atoms with Gasteiger partial charge in [0.15, 0.2) is 5.65 Å². The molecule has 0 amide bonds. The van der Waals surface area contributed by atoms with Gasteiger partial charge < -0.3 is 32.9 Å². The molecule has 1 aliphatic carbocycles. The van der Waals surface area contributed by atoms with Crippen molar-refractivity contribution < 1.29 is 28.9 Å². The van der Waals surface area contributed by atoms with Crippen molar-refractivity contribution >= 4 is 36.5 Å². The van der Waals surface area contributed by atoms with E-state index >= 15 is 0 Å². The summed E-state index contributed by atoms with van der Waals surface area (Å²) in [6, 6.07) is 0. The number of ether oxygens (including phenoxy) is 1. The molecular weight excluding hydrogens is 421 g/mol. The summed E-state index contributed by atoms with van der Waals surface area (Å²) in [6.45, 7) is 0.261. The highest BCUT2D eigenvalue weighted by molar-refractivity contribution is 8.35. The molecule has 0 bridgehead atoms. The second kappa shape index (κ2) is 8.46. The van der Waals surface area contributed by atoms with Crippen LogP contribution in [0.5, 0.6) is 5.88 Å². The summed E-state index contributed by atoms with van der Waals surface area (Å²) >= 11 is 5.06. The number of nitrogens with zero attached hydrogens (tertiary/aromatic N) is 4. The van der Waals surface area contributed by atoms with Crippen LogP contribution in [0.15, 0.2) is 6.33 Å². The first-order valence-electron chi connectivity index (χ1n) is 9.45. The average molecular weight is 444 g/mol. The van der Waals surface area contributed by atoms with Gasteiger partial charge in [-0.15, -0.1) is 0 Å². The third-order valence-electron chi connectivity index (χ3n) is 5.27. The van der Waals surface area contributed by atoms with Crippen molar-refractivity contribution in [3.05, 3.63) is 6.33 Å².